The van der Waals surface area contributed by atoms with Crippen LogP contribution in [0, 0.1) is 0 Å². The lowest BCUT2D eigenvalue weighted by Crippen LogP contribution is -2.44. The van der Waals surface area contributed by atoms with Gasteiger partial charge in [0.15, 0.2) is 0 Å². The van der Waals surface area contributed by atoms with Gasteiger partial charge in [0.25, 0.3) is 0 Å². The van der Waals surface area contributed by atoms with Crippen molar-refractivity contribution in [1.29, 1.82) is 0 Å². The van der Waals surface area contributed by atoms with E-state index in [1.165, 1.54) is 5.56 Å². The van der Waals surface area contributed by atoms with E-state index < -0.39 is 0 Å². The maximum absolute atomic E-state index is 9.47. The lowest BCUT2D eigenvalue weighted by Gasteiger charge is -2.33. The van der Waals surface area contributed by atoms with Crippen LogP contribution in [0.4, 0.5) is 0 Å². The van der Waals surface area contributed by atoms with Gasteiger partial charge in [-0.05, 0) is 40.5 Å². The minimum Gasteiger partial charge on any atom is -0.507 e. The molecule has 0 unspecified atom stereocenters. The standard InChI is InChI=1S/C12H17BrN2O.2ClH/c1-9(15-6-4-14-5-7-15)10-2-3-12(16)11(13)8-10;;/h2-3,8-9,14,16H,4-7H2,1H3;2*1H/t9-;;/m1../s1. The van der Waals surface area contributed by atoms with Crippen molar-refractivity contribution in [1.82, 2.24) is 10.2 Å². The van der Waals surface area contributed by atoms with Gasteiger partial charge in [0, 0.05) is 32.2 Å². The first-order valence-corrected chi connectivity index (χ1v) is 6.41. The third-order valence-electron chi connectivity index (χ3n) is 3.15. The topological polar surface area (TPSA) is 35.5 Å². The maximum Gasteiger partial charge on any atom is 0.129 e. The third kappa shape index (κ3) is 4.28. The lowest BCUT2D eigenvalue weighted by atomic mass is 10.1. The van der Waals surface area contributed by atoms with E-state index in [4.69, 9.17) is 0 Å². The number of phenols is 1. The molecule has 6 heteroatoms. The quantitative estimate of drug-likeness (QED) is 0.854. The maximum atomic E-state index is 9.47. The second kappa shape index (κ2) is 8.23. The van der Waals surface area contributed by atoms with Crippen LogP contribution in [0.2, 0.25) is 0 Å². The van der Waals surface area contributed by atoms with Gasteiger partial charge < -0.3 is 10.4 Å². The summed E-state index contributed by atoms with van der Waals surface area (Å²) in [6.07, 6.45) is 0. The molecule has 2 N–H and O–H groups in total. The average Bonchev–Trinajstić information content (AvgIpc) is 2.33. The zero-order valence-corrected chi connectivity index (χ0v) is 13.4. The van der Waals surface area contributed by atoms with Crippen LogP contribution < -0.4 is 5.32 Å². The van der Waals surface area contributed by atoms with Crippen molar-refractivity contribution >= 4 is 40.7 Å². The summed E-state index contributed by atoms with van der Waals surface area (Å²) in [5, 5.41) is 12.8. The Kier molecular flexibility index (Phi) is 8.23. The van der Waals surface area contributed by atoms with Crippen LogP contribution >= 0.6 is 40.7 Å². The Morgan fingerprint density at radius 2 is 1.89 bits per heavy atom. The summed E-state index contributed by atoms with van der Waals surface area (Å²) in [5.41, 5.74) is 1.24. The van der Waals surface area contributed by atoms with E-state index in [9.17, 15) is 5.11 Å². The van der Waals surface area contributed by atoms with E-state index in [1.54, 1.807) is 6.07 Å². The molecule has 0 amide bonds. The Morgan fingerprint density at radius 1 is 1.28 bits per heavy atom. The molecule has 1 fully saturated rings. The molecule has 1 aromatic rings. The van der Waals surface area contributed by atoms with Crippen molar-refractivity contribution in [2.45, 2.75) is 13.0 Å². The predicted molar refractivity (Wildman–Crippen MR) is 83.2 cm³/mol. The zero-order chi connectivity index (χ0) is 11.5. The second-order valence-corrected chi connectivity index (χ2v) is 5.03. The minimum absolute atomic E-state index is 0. The number of nitrogens with zero attached hydrogens (tertiary/aromatic N) is 1. The lowest BCUT2D eigenvalue weighted by molar-refractivity contribution is 0.185. The van der Waals surface area contributed by atoms with Gasteiger partial charge in [-0.3, -0.25) is 4.90 Å². The Morgan fingerprint density at radius 3 is 2.44 bits per heavy atom. The number of benzene rings is 1. The highest BCUT2D eigenvalue weighted by atomic mass is 79.9. The number of phenolic OH excluding ortho intramolecular Hbond substituents is 1. The highest BCUT2D eigenvalue weighted by molar-refractivity contribution is 9.10. The number of halogens is 3. The van der Waals surface area contributed by atoms with Gasteiger partial charge in [-0.15, -0.1) is 24.8 Å². The molecule has 3 nitrogen and oxygen atoms in total. The molecule has 0 spiro atoms. The van der Waals surface area contributed by atoms with Gasteiger partial charge in [-0.1, -0.05) is 6.07 Å². The van der Waals surface area contributed by atoms with Crippen LogP contribution in [0.15, 0.2) is 22.7 Å². The first-order valence-electron chi connectivity index (χ1n) is 5.61. The molecular weight excluding hydrogens is 339 g/mol. The van der Waals surface area contributed by atoms with Gasteiger partial charge in [0.1, 0.15) is 5.75 Å². The van der Waals surface area contributed by atoms with Gasteiger partial charge >= 0.3 is 0 Å². The van der Waals surface area contributed by atoms with E-state index in [1.807, 2.05) is 12.1 Å². The van der Waals surface area contributed by atoms with Crippen molar-refractivity contribution in [3.63, 3.8) is 0 Å². The van der Waals surface area contributed by atoms with Gasteiger partial charge in [-0.2, -0.15) is 0 Å². The normalized spacial score (nSPS) is 17.4. The van der Waals surface area contributed by atoms with Gasteiger partial charge in [-0.25, -0.2) is 0 Å². The summed E-state index contributed by atoms with van der Waals surface area (Å²) >= 11 is 3.36. The molecule has 104 valence electrons. The minimum atomic E-state index is 0. The van der Waals surface area contributed by atoms with E-state index in [0.717, 1.165) is 30.7 Å². The number of rotatable bonds is 2. The highest BCUT2D eigenvalue weighted by Crippen LogP contribution is 2.29. The number of hydrogen-bond acceptors (Lipinski definition) is 3. The van der Waals surface area contributed by atoms with E-state index in [2.05, 4.69) is 33.1 Å². The molecule has 1 aliphatic heterocycles. The summed E-state index contributed by atoms with van der Waals surface area (Å²) in [7, 11) is 0. The summed E-state index contributed by atoms with van der Waals surface area (Å²) < 4.78 is 0.770. The Labute approximate surface area is 129 Å². The molecule has 0 saturated carbocycles. The molecule has 0 bridgehead atoms. The van der Waals surface area contributed by atoms with Gasteiger partial charge in [0.2, 0.25) is 0 Å². The van der Waals surface area contributed by atoms with Crippen LogP contribution in [-0.4, -0.2) is 36.2 Å². The molecule has 0 aromatic heterocycles. The summed E-state index contributed by atoms with van der Waals surface area (Å²) in [6.45, 7) is 6.50. The number of aromatic hydroxyl groups is 1. The molecule has 2 rings (SSSR count). The van der Waals surface area contributed by atoms with E-state index in [0.29, 0.717) is 11.8 Å². The first kappa shape index (κ1) is 18.0. The summed E-state index contributed by atoms with van der Waals surface area (Å²) in [6, 6.07) is 6.14. The number of hydrogen-bond donors (Lipinski definition) is 2. The van der Waals surface area contributed by atoms with Crippen molar-refractivity contribution < 1.29 is 5.11 Å². The molecule has 0 aliphatic carbocycles. The fourth-order valence-electron chi connectivity index (χ4n) is 2.06. The predicted octanol–water partition coefficient (Wildman–Crippen LogP) is 2.96. The molecule has 1 heterocycles. The first-order chi connectivity index (χ1) is 7.68. The number of nitrogens with one attached hydrogen (secondary N) is 1. The second-order valence-electron chi connectivity index (χ2n) is 4.17. The molecule has 0 radical (unpaired) electrons. The molecule has 1 aromatic carbocycles. The molecule has 1 saturated heterocycles. The van der Waals surface area contributed by atoms with Crippen LogP contribution in [-0.2, 0) is 0 Å². The van der Waals surface area contributed by atoms with Crippen LogP contribution in [0.5, 0.6) is 5.75 Å². The summed E-state index contributed by atoms with van der Waals surface area (Å²) in [5.74, 6) is 0.302. The molecular formula is C12H19BrCl2N2O. The highest BCUT2D eigenvalue weighted by Gasteiger charge is 2.18. The Bertz CT molecular complexity index is 373. The smallest absolute Gasteiger partial charge is 0.129 e. The van der Waals surface area contributed by atoms with Crippen molar-refractivity contribution in [2.24, 2.45) is 0 Å². The van der Waals surface area contributed by atoms with Gasteiger partial charge in [0.05, 0.1) is 4.47 Å². The Balaban J connectivity index is 0.00000144. The number of piperazine rings is 1. The SMILES string of the molecule is C[C@H](c1ccc(O)c(Br)c1)N1CCNCC1.Cl.Cl. The average molecular weight is 358 g/mol. The van der Waals surface area contributed by atoms with Crippen LogP contribution in [0.1, 0.15) is 18.5 Å². The van der Waals surface area contributed by atoms with Crippen molar-refractivity contribution in [2.75, 3.05) is 26.2 Å². The van der Waals surface area contributed by atoms with Crippen LogP contribution in [0.3, 0.4) is 0 Å². The fraction of sp³-hybridized carbons (Fsp3) is 0.500. The van der Waals surface area contributed by atoms with E-state index >= 15 is 0 Å². The fourth-order valence-corrected chi connectivity index (χ4v) is 2.46. The molecule has 18 heavy (non-hydrogen) atoms. The zero-order valence-electron chi connectivity index (χ0n) is 10.2. The van der Waals surface area contributed by atoms with E-state index in [-0.39, 0.29) is 24.8 Å². The monoisotopic (exact) mass is 356 g/mol. The van der Waals surface area contributed by atoms with Crippen molar-refractivity contribution in [3.8, 4) is 5.75 Å². The summed E-state index contributed by atoms with van der Waals surface area (Å²) in [4.78, 5) is 2.45. The largest absolute Gasteiger partial charge is 0.507 e. The van der Waals surface area contributed by atoms with Crippen molar-refractivity contribution in [3.05, 3.63) is 28.2 Å². The molecule has 1 atom stereocenters. The Hall–Kier alpha value is -0.000000000000000111. The van der Waals surface area contributed by atoms with Crippen LogP contribution in [0.25, 0.3) is 0 Å². The molecule has 1 aliphatic rings. The third-order valence-corrected chi connectivity index (χ3v) is 3.79.